The lowest BCUT2D eigenvalue weighted by atomic mass is 9.99. The molecule has 0 fully saturated rings. The lowest BCUT2D eigenvalue weighted by Crippen LogP contribution is -2.00. The molecule has 0 unspecified atom stereocenters. The van der Waals surface area contributed by atoms with E-state index in [1.54, 1.807) is 11.3 Å². The molecule has 0 saturated heterocycles. The first-order valence-corrected chi connectivity index (χ1v) is 18.0. The molecule has 6 heteroatoms. The number of nitrogens with zero attached hydrogens (tertiary/aromatic N) is 5. The van der Waals surface area contributed by atoms with Gasteiger partial charge in [0, 0.05) is 48.1 Å². The standard InChI is InChI=1S/C46H29N5S/c1-4-14-30(15-5-1)43-48-44(31-16-6-2-7-17-31)50-45(49-43)36-22-13-25-41-42(36)37-29-33(26-27-40(37)52-41)32-18-12-19-34(28-32)46-47-38-23-10-11-24-39(38)51(46)35-20-8-3-9-21-35/h1-29H. The second-order valence-corrected chi connectivity index (χ2v) is 13.8. The van der Waals surface area contributed by atoms with Gasteiger partial charge in [-0.05, 0) is 59.7 Å². The average molecular weight is 684 g/mol. The van der Waals surface area contributed by atoms with Crippen LogP contribution in [0.5, 0.6) is 0 Å². The Morgan fingerprint density at radius 3 is 1.75 bits per heavy atom. The number of benzene rings is 7. The van der Waals surface area contributed by atoms with Crippen LogP contribution in [-0.2, 0) is 0 Å². The minimum atomic E-state index is 0.653. The molecule has 0 saturated carbocycles. The Morgan fingerprint density at radius 1 is 0.404 bits per heavy atom. The Hall–Kier alpha value is -6.76. The summed E-state index contributed by atoms with van der Waals surface area (Å²) in [5.41, 5.74) is 9.34. The van der Waals surface area contributed by atoms with E-state index >= 15 is 0 Å². The summed E-state index contributed by atoms with van der Waals surface area (Å²) in [6, 6.07) is 60.9. The van der Waals surface area contributed by atoms with E-state index in [1.165, 1.54) is 14.8 Å². The van der Waals surface area contributed by atoms with Crippen molar-refractivity contribution >= 4 is 42.5 Å². The third-order valence-corrected chi connectivity index (χ3v) is 10.6. The smallest absolute Gasteiger partial charge is 0.164 e. The molecule has 10 rings (SSSR count). The third-order valence-electron chi connectivity index (χ3n) is 9.46. The summed E-state index contributed by atoms with van der Waals surface area (Å²) in [6.07, 6.45) is 0. The first kappa shape index (κ1) is 30.1. The van der Waals surface area contributed by atoms with Crippen molar-refractivity contribution in [3.63, 3.8) is 0 Å². The monoisotopic (exact) mass is 683 g/mol. The zero-order valence-corrected chi connectivity index (χ0v) is 28.7. The van der Waals surface area contributed by atoms with E-state index in [4.69, 9.17) is 19.9 Å². The SMILES string of the molecule is c1ccc(-c2nc(-c3ccccc3)nc(-c3cccc4sc5ccc(-c6cccc(-c7nc8ccccc8n7-c7ccccc7)c6)cc5c34)n2)cc1. The molecule has 0 atom stereocenters. The van der Waals surface area contributed by atoms with Gasteiger partial charge in [-0.2, -0.15) is 0 Å². The Kier molecular flexibility index (Phi) is 7.25. The van der Waals surface area contributed by atoms with E-state index in [1.807, 2.05) is 72.8 Å². The quantitative estimate of drug-likeness (QED) is 0.175. The predicted molar refractivity (Wildman–Crippen MR) is 215 cm³/mol. The third kappa shape index (κ3) is 5.25. The van der Waals surface area contributed by atoms with E-state index < -0.39 is 0 Å². The number of aromatic nitrogens is 5. The van der Waals surface area contributed by atoms with Gasteiger partial charge in [-0.3, -0.25) is 4.57 Å². The van der Waals surface area contributed by atoms with Gasteiger partial charge in [0.1, 0.15) is 5.82 Å². The number of hydrogen-bond donors (Lipinski definition) is 0. The molecule has 7 aromatic carbocycles. The van der Waals surface area contributed by atoms with Gasteiger partial charge in [-0.15, -0.1) is 11.3 Å². The zero-order chi connectivity index (χ0) is 34.4. The maximum Gasteiger partial charge on any atom is 0.164 e. The fraction of sp³-hybridized carbons (Fsp3) is 0. The first-order valence-electron chi connectivity index (χ1n) is 17.2. The van der Waals surface area contributed by atoms with Crippen molar-refractivity contribution in [2.24, 2.45) is 0 Å². The van der Waals surface area contributed by atoms with Gasteiger partial charge in [0.05, 0.1) is 11.0 Å². The second kappa shape index (κ2) is 12.5. The highest BCUT2D eigenvalue weighted by molar-refractivity contribution is 7.26. The first-order chi connectivity index (χ1) is 25.8. The predicted octanol–water partition coefficient (Wildman–Crippen LogP) is 11.9. The molecule has 0 bridgehead atoms. The van der Waals surface area contributed by atoms with Crippen LogP contribution < -0.4 is 0 Å². The summed E-state index contributed by atoms with van der Waals surface area (Å²) in [4.78, 5) is 20.2. The Bertz CT molecular complexity index is 2840. The Morgan fingerprint density at radius 2 is 1.00 bits per heavy atom. The fourth-order valence-electron chi connectivity index (χ4n) is 7.02. The number of fused-ring (bicyclic) bond motifs is 4. The van der Waals surface area contributed by atoms with Crippen LogP contribution in [0.15, 0.2) is 176 Å². The molecular weight excluding hydrogens is 655 g/mol. The van der Waals surface area contributed by atoms with Gasteiger partial charge in [-0.25, -0.2) is 19.9 Å². The van der Waals surface area contributed by atoms with Crippen molar-refractivity contribution in [1.29, 1.82) is 0 Å². The molecule has 0 spiro atoms. The molecule has 0 aliphatic heterocycles. The second-order valence-electron chi connectivity index (χ2n) is 12.7. The number of rotatable bonds is 6. The number of thiophene rings is 1. The van der Waals surface area contributed by atoms with Gasteiger partial charge in [0.2, 0.25) is 0 Å². The fourth-order valence-corrected chi connectivity index (χ4v) is 8.13. The summed E-state index contributed by atoms with van der Waals surface area (Å²) < 4.78 is 4.66. The summed E-state index contributed by atoms with van der Waals surface area (Å²) in [5, 5.41) is 2.33. The molecule has 5 nitrogen and oxygen atoms in total. The largest absolute Gasteiger partial charge is 0.292 e. The van der Waals surface area contributed by atoms with E-state index in [2.05, 4.69) is 108 Å². The average Bonchev–Trinajstić information content (AvgIpc) is 3.80. The van der Waals surface area contributed by atoms with Gasteiger partial charge < -0.3 is 0 Å². The molecular formula is C46H29N5S. The zero-order valence-electron chi connectivity index (χ0n) is 27.9. The van der Waals surface area contributed by atoms with E-state index in [9.17, 15) is 0 Å². The van der Waals surface area contributed by atoms with Crippen LogP contribution in [0, 0.1) is 0 Å². The molecule has 0 N–H and O–H groups in total. The van der Waals surface area contributed by atoms with Crippen LogP contribution in [0.1, 0.15) is 0 Å². The van der Waals surface area contributed by atoms with Crippen molar-refractivity contribution in [2.75, 3.05) is 0 Å². The van der Waals surface area contributed by atoms with Gasteiger partial charge in [-0.1, -0.05) is 127 Å². The maximum atomic E-state index is 5.13. The van der Waals surface area contributed by atoms with Crippen LogP contribution in [0.2, 0.25) is 0 Å². The molecule has 0 aliphatic carbocycles. The highest BCUT2D eigenvalue weighted by Crippen LogP contribution is 2.42. The summed E-state index contributed by atoms with van der Waals surface area (Å²) in [6.45, 7) is 0. The van der Waals surface area contributed by atoms with Crippen molar-refractivity contribution in [1.82, 2.24) is 24.5 Å². The number of imidazole rings is 1. The molecule has 244 valence electrons. The number of hydrogen-bond acceptors (Lipinski definition) is 5. The van der Waals surface area contributed by atoms with Crippen LogP contribution in [0.4, 0.5) is 0 Å². The molecule has 3 heterocycles. The van der Waals surface area contributed by atoms with Crippen molar-refractivity contribution in [2.45, 2.75) is 0 Å². The molecule has 10 aromatic rings. The minimum absolute atomic E-state index is 0.653. The topological polar surface area (TPSA) is 56.5 Å². The minimum Gasteiger partial charge on any atom is -0.292 e. The lowest BCUT2D eigenvalue weighted by Gasteiger charge is -2.11. The Balaban J connectivity index is 1.13. The van der Waals surface area contributed by atoms with Crippen LogP contribution >= 0.6 is 11.3 Å². The van der Waals surface area contributed by atoms with E-state index in [0.717, 1.165) is 61.3 Å². The highest BCUT2D eigenvalue weighted by Gasteiger charge is 2.18. The molecule has 0 amide bonds. The summed E-state index contributed by atoms with van der Waals surface area (Å²) in [7, 11) is 0. The summed E-state index contributed by atoms with van der Waals surface area (Å²) in [5.74, 6) is 2.88. The van der Waals surface area contributed by atoms with Crippen LogP contribution in [-0.4, -0.2) is 24.5 Å². The molecule has 3 aromatic heterocycles. The normalized spacial score (nSPS) is 11.5. The molecule has 0 radical (unpaired) electrons. The number of para-hydroxylation sites is 3. The van der Waals surface area contributed by atoms with Crippen molar-refractivity contribution in [3.8, 4) is 62.4 Å². The molecule has 0 aliphatic rings. The van der Waals surface area contributed by atoms with Crippen molar-refractivity contribution < 1.29 is 0 Å². The van der Waals surface area contributed by atoms with Gasteiger partial charge >= 0.3 is 0 Å². The Labute approximate surface area is 304 Å². The van der Waals surface area contributed by atoms with E-state index in [-0.39, 0.29) is 0 Å². The lowest BCUT2D eigenvalue weighted by molar-refractivity contribution is 1.08. The van der Waals surface area contributed by atoms with Gasteiger partial charge in [0.15, 0.2) is 17.5 Å². The van der Waals surface area contributed by atoms with Crippen molar-refractivity contribution in [3.05, 3.63) is 176 Å². The van der Waals surface area contributed by atoms with Crippen LogP contribution in [0.25, 0.3) is 93.6 Å². The van der Waals surface area contributed by atoms with Gasteiger partial charge in [0.25, 0.3) is 0 Å². The highest BCUT2D eigenvalue weighted by atomic mass is 32.1. The van der Waals surface area contributed by atoms with Crippen LogP contribution in [0.3, 0.4) is 0 Å². The van der Waals surface area contributed by atoms with E-state index in [0.29, 0.717) is 17.5 Å². The molecule has 52 heavy (non-hydrogen) atoms. The maximum absolute atomic E-state index is 5.13. The summed E-state index contributed by atoms with van der Waals surface area (Å²) >= 11 is 1.79.